The average molecular weight is 525 g/mol. The van der Waals surface area contributed by atoms with Gasteiger partial charge >= 0.3 is 12.4 Å². The van der Waals surface area contributed by atoms with Gasteiger partial charge in [0, 0.05) is 31.4 Å². The molecule has 6 nitrogen and oxygen atoms in total. The van der Waals surface area contributed by atoms with Crippen LogP contribution < -0.4 is 10.6 Å². The maximum Gasteiger partial charge on any atom is 0.416 e. The molecule has 0 fully saturated rings. The molecule has 0 aliphatic rings. The molecule has 2 N–H and O–H groups in total. The molecule has 1 aromatic heterocycles. The van der Waals surface area contributed by atoms with E-state index in [2.05, 4.69) is 20.6 Å². The third-order valence-corrected chi connectivity index (χ3v) is 5.27. The maximum absolute atomic E-state index is 13.1. The minimum Gasteiger partial charge on any atom is -0.353 e. The SMILES string of the molecule is CN(C)CCNc1ncc(C(=O)NCCc2cc(C(F)(F)F)cc(C(F)(F)F)c2)c(-c2ccccc2)n1. The van der Waals surface area contributed by atoms with E-state index in [-0.39, 0.29) is 30.2 Å². The number of benzene rings is 2. The monoisotopic (exact) mass is 525 g/mol. The minimum atomic E-state index is -4.94. The first-order valence-electron chi connectivity index (χ1n) is 11.2. The van der Waals surface area contributed by atoms with Crippen LogP contribution in [0.1, 0.15) is 27.0 Å². The molecule has 1 amide bonds. The number of aromatic nitrogens is 2. The summed E-state index contributed by atoms with van der Waals surface area (Å²) in [6, 6.07) is 10.2. The summed E-state index contributed by atoms with van der Waals surface area (Å²) in [6.07, 6.45) is -8.80. The number of carbonyl (C=O) groups excluding carboxylic acids is 1. The zero-order valence-corrected chi connectivity index (χ0v) is 20.0. The fraction of sp³-hybridized carbons (Fsp3) is 0.320. The molecule has 0 bridgehead atoms. The number of carbonyl (C=O) groups is 1. The molecule has 2 aromatic carbocycles. The van der Waals surface area contributed by atoms with Crippen LogP contribution in [0.4, 0.5) is 32.3 Å². The highest BCUT2D eigenvalue weighted by atomic mass is 19.4. The van der Waals surface area contributed by atoms with Crippen LogP contribution in [-0.2, 0) is 18.8 Å². The normalized spacial score (nSPS) is 12.0. The fourth-order valence-electron chi connectivity index (χ4n) is 3.42. The number of nitrogens with one attached hydrogen (secondary N) is 2. The smallest absolute Gasteiger partial charge is 0.353 e. The summed E-state index contributed by atoms with van der Waals surface area (Å²) in [5.41, 5.74) is -1.93. The Labute approximate surface area is 209 Å². The molecule has 0 saturated heterocycles. The van der Waals surface area contributed by atoms with Crippen molar-refractivity contribution in [3.8, 4) is 11.3 Å². The molecule has 0 unspecified atom stereocenters. The van der Waals surface area contributed by atoms with E-state index in [1.54, 1.807) is 30.3 Å². The van der Waals surface area contributed by atoms with Crippen LogP contribution in [0, 0.1) is 0 Å². The van der Waals surface area contributed by atoms with Crippen LogP contribution in [0.3, 0.4) is 0 Å². The van der Waals surface area contributed by atoms with Crippen molar-refractivity contribution in [1.29, 1.82) is 0 Å². The largest absolute Gasteiger partial charge is 0.416 e. The van der Waals surface area contributed by atoms with Crippen molar-refractivity contribution in [3.05, 3.63) is 77.0 Å². The zero-order valence-electron chi connectivity index (χ0n) is 20.0. The number of rotatable bonds is 9. The summed E-state index contributed by atoms with van der Waals surface area (Å²) in [5.74, 6) is -0.303. The van der Waals surface area contributed by atoms with Crippen LogP contribution in [0.2, 0.25) is 0 Å². The third kappa shape index (κ3) is 7.91. The maximum atomic E-state index is 13.1. The lowest BCUT2D eigenvalue weighted by Crippen LogP contribution is -2.27. The Kier molecular flexibility index (Phi) is 8.74. The van der Waals surface area contributed by atoms with Gasteiger partial charge in [0.25, 0.3) is 5.91 Å². The molecule has 0 aliphatic carbocycles. The number of anilines is 1. The summed E-state index contributed by atoms with van der Waals surface area (Å²) in [7, 11) is 3.82. The van der Waals surface area contributed by atoms with Gasteiger partial charge in [-0.25, -0.2) is 9.97 Å². The number of hydrogen-bond donors (Lipinski definition) is 2. The number of likely N-dealkylation sites (N-methyl/N-ethyl adjacent to an activating group) is 1. The average Bonchev–Trinajstić information content (AvgIpc) is 2.83. The molecule has 0 aliphatic heterocycles. The summed E-state index contributed by atoms with van der Waals surface area (Å²) < 4.78 is 78.6. The van der Waals surface area contributed by atoms with Crippen LogP contribution in [0.25, 0.3) is 11.3 Å². The Balaban J connectivity index is 1.78. The topological polar surface area (TPSA) is 70.2 Å². The highest BCUT2D eigenvalue weighted by molar-refractivity contribution is 5.99. The Morgan fingerprint density at radius 1 is 0.919 bits per heavy atom. The summed E-state index contributed by atoms with van der Waals surface area (Å²) in [4.78, 5) is 23.5. The van der Waals surface area contributed by atoms with E-state index < -0.39 is 29.4 Å². The first-order valence-corrected chi connectivity index (χ1v) is 11.2. The van der Waals surface area contributed by atoms with Crippen LogP contribution >= 0.6 is 0 Å². The van der Waals surface area contributed by atoms with E-state index in [1.807, 2.05) is 19.0 Å². The highest BCUT2D eigenvalue weighted by Crippen LogP contribution is 2.36. The van der Waals surface area contributed by atoms with Crippen molar-refractivity contribution in [2.24, 2.45) is 0 Å². The summed E-state index contributed by atoms with van der Waals surface area (Å²) >= 11 is 0. The van der Waals surface area contributed by atoms with E-state index in [0.717, 1.165) is 6.54 Å². The molecule has 3 aromatic rings. The second kappa shape index (κ2) is 11.6. The predicted molar refractivity (Wildman–Crippen MR) is 127 cm³/mol. The van der Waals surface area contributed by atoms with Crippen molar-refractivity contribution in [2.75, 3.05) is 39.0 Å². The molecular formula is C25H25F6N5O. The molecule has 1 heterocycles. The lowest BCUT2D eigenvalue weighted by molar-refractivity contribution is -0.143. The summed E-state index contributed by atoms with van der Waals surface area (Å²) in [5, 5.41) is 5.62. The third-order valence-electron chi connectivity index (χ3n) is 5.27. The molecule has 198 valence electrons. The number of hydrogen-bond acceptors (Lipinski definition) is 5. The van der Waals surface area contributed by atoms with Crippen molar-refractivity contribution in [2.45, 2.75) is 18.8 Å². The van der Waals surface area contributed by atoms with Crippen molar-refractivity contribution in [1.82, 2.24) is 20.2 Å². The molecule has 0 atom stereocenters. The van der Waals surface area contributed by atoms with Gasteiger partial charge in [-0.1, -0.05) is 30.3 Å². The zero-order chi connectivity index (χ0) is 27.2. The van der Waals surface area contributed by atoms with Crippen LogP contribution in [0.5, 0.6) is 0 Å². The Morgan fingerprint density at radius 2 is 1.54 bits per heavy atom. The van der Waals surface area contributed by atoms with Gasteiger partial charge in [0.2, 0.25) is 5.95 Å². The van der Waals surface area contributed by atoms with Gasteiger partial charge in [0.15, 0.2) is 0 Å². The second-order valence-corrected chi connectivity index (χ2v) is 8.47. The molecule has 12 heteroatoms. The lowest BCUT2D eigenvalue weighted by atomic mass is 10.0. The number of amides is 1. The second-order valence-electron chi connectivity index (χ2n) is 8.47. The van der Waals surface area contributed by atoms with E-state index in [0.29, 0.717) is 35.9 Å². The van der Waals surface area contributed by atoms with Crippen molar-refractivity contribution < 1.29 is 31.1 Å². The Morgan fingerprint density at radius 3 is 2.11 bits per heavy atom. The molecule has 3 rings (SSSR count). The van der Waals surface area contributed by atoms with E-state index >= 15 is 0 Å². The van der Waals surface area contributed by atoms with Crippen LogP contribution in [-0.4, -0.2) is 54.5 Å². The van der Waals surface area contributed by atoms with Crippen LogP contribution in [0.15, 0.2) is 54.7 Å². The fourth-order valence-corrected chi connectivity index (χ4v) is 3.42. The standard InChI is InChI=1S/C25H25F6N5O/c1-36(2)11-10-33-23-34-15-20(21(35-23)17-6-4-3-5-7-17)22(37)32-9-8-16-12-18(24(26,27)28)14-19(13-16)25(29,30)31/h3-7,12-15H,8-11H2,1-2H3,(H,32,37)(H,33,34,35). The van der Waals surface area contributed by atoms with E-state index in [1.165, 1.54) is 6.20 Å². The summed E-state index contributed by atoms with van der Waals surface area (Å²) in [6.45, 7) is 1.08. The first kappa shape index (κ1) is 27.9. The first-order chi connectivity index (χ1) is 17.3. The van der Waals surface area contributed by atoms with Gasteiger partial charge in [0.05, 0.1) is 22.4 Å². The number of halogens is 6. The molecule has 0 spiro atoms. The minimum absolute atomic E-state index is 0.0691. The van der Waals surface area contributed by atoms with E-state index in [4.69, 9.17) is 0 Å². The molecular weight excluding hydrogens is 500 g/mol. The molecule has 0 saturated carbocycles. The van der Waals surface area contributed by atoms with Gasteiger partial charge in [-0.3, -0.25) is 4.79 Å². The van der Waals surface area contributed by atoms with Gasteiger partial charge in [-0.15, -0.1) is 0 Å². The van der Waals surface area contributed by atoms with Gasteiger partial charge in [-0.05, 0) is 44.3 Å². The van der Waals surface area contributed by atoms with Crippen molar-refractivity contribution in [3.63, 3.8) is 0 Å². The number of alkyl halides is 6. The predicted octanol–water partition coefficient (Wildman–Crippen LogP) is 5.13. The van der Waals surface area contributed by atoms with E-state index in [9.17, 15) is 31.1 Å². The lowest BCUT2D eigenvalue weighted by Gasteiger charge is -2.15. The van der Waals surface area contributed by atoms with Crippen molar-refractivity contribution >= 4 is 11.9 Å². The Bertz CT molecular complexity index is 1180. The molecule has 0 radical (unpaired) electrons. The molecule has 37 heavy (non-hydrogen) atoms. The van der Waals surface area contributed by atoms with Gasteiger partial charge in [0.1, 0.15) is 0 Å². The van der Waals surface area contributed by atoms with Gasteiger partial charge in [-0.2, -0.15) is 26.3 Å². The van der Waals surface area contributed by atoms with Gasteiger partial charge < -0.3 is 15.5 Å². The number of nitrogens with zero attached hydrogens (tertiary/aromatic N) is 3. The Hall–Kier alpha value is -3.67. The quantitative estimate of drug-likeness (QED) is 0.380. The highest BCUT2D eigenvalue weighted by Gasteiger charge is 2.36.